The zero-order chi connectivity index (χ0) is 20.1. The molecule has 0 radical (unpaired) electrons. The van der Waals surface area contributed by atoms with Gasteiger partial charge in [-0.2, -0.15) is 0 Å². The minimum atomic E-state index is -3.88. The highest BCUT2D eigenvalue weighted by Gasteiger charge is 2.33. The van der Waals surface area contributed by atoms with Crippen molar-refractivity contribution in [2.75, 3.05) is 31.1 Å². The molecule has 1 fully saturated rings. The number of hydrogen-bond donors (Lipinski definition) is 1. The molecular formula is C18H24N4O4S2. The molecule has 1 unspecified atom stereocenters. The summed E-state index contributed by atoms with van der Waals surface area (Å²) in [7, 11) is -3.88. The number of nitrogens with one attached hydrogen (secondary N) is 1. The predicted molar refractivity (Wildman–Crippen MR) is 108 cm³/mol. The minimum absolute atomic E-state index is 0.118. The topological polar surface area (TPSA) is 101 Å². The number of aromatic nitrogens is 2. The fourth-order valence-corrected chi connectivity index (χ4v) is 5.41. The summed E-state index contributed by atoms with van der Waals surface area (Å²) in [6, 6.07) is 7.57. The van der Waals surface area contributed by atoms with Crippen LogP contribution in [-0.2, 0) is 14.6 Å². The summed E-state index contributed by atoms with van der Waals surface area (Å²) < 4.78 is 30.8. The zero-order valence-electron chi connectivity index (χ0n) is 15.9. The van der Waals surface area contributed by atoms with Gasteiger partial charge in [0.25, 0.3) is 0 Å². The van der Waals surface area contributed by atoms with E-state index in [1.807, 2.05) is 36.1 Å². The van der Waals surface area contributed by atoms with Crippen LogP contribution < -0.4 is 15.0 Å². The van der Waals surface area contributed by atoms with Gasteiger partial charge in [-0.05, 0) is 44.4 Å². The van der Waals surface area contributed by atoms with Crippen molar-refractivity contribution < 1.29 is 17.9 Å². The van der Waals surface area contributed by atoms with Crippen LogP contribution in [0.4, 0.5) is 5.13 Å². The van der Waals surface area contributed by atoms with Crippen molar-refractivity contribution in [1.82, 2.24) is 15.5 Å². The molecule has 10 heteroatoms. The van der Waals surface area contributed by atoms with E-state index in [-0.39, 0.29) is 17.5 Å². The van der Waals surface area contributed by atoms with Crippen molar-refractivity contribution in [1.29, 1.82) is 0 Å². The van der Waals surface area contributed by atoms with Gasteiger partial charge in [-0.25, -0.2) is 8.42 Å². The van der Waals surface area contributed by atoms with Gasteiger partial charge in [0.2, 0.25) is 25.2 Å². The van der Waals surface area contributed by atoms with Crippen molar-refractivity contribution >= 4 is 32.2 Å². The standard InChI is InChI=1S/C18H24N4O4S2/c1-13-6-5-7-15(12-13)26-11-8-19-16(23)14(2)28(24,25)18-21-20-17(27-18)22-9-3-4-10-22/h5-7,12,14H,3-4,8-11H2,1-2H3,(H,19,23). The van der Waals surface area contributed by atoms with Gasteiger partial charge in [0.05, 0.1) is 6.54 Å². The average Bonchev–Trinajstić information content (AvgIpc) is 3.36. The summed E-state index contributed by atoms with van der Waals surface area (Å²) in [4.78, 5) is 14.3. The van der Waals surface area contributed by atoms with E-state index in [1.165, 1.54) is 6.92 Å². The van der Waals surface area contributed by atoms with Crippen molar-refractivity contribution in [3.8, 4) is 5.75 Å². The molecular weight excluding hydrogens is 400 g/mol. The first kappa shape index (κ1) is 20.5. The number of ether oxygens (including phenoxy) is 1. The average molecular weight is 425 g/mol. The van der Waals surface area contributed by atoms with Crippen molar-refractivity contribution in [3.05, 3.63) is 29.8 Å². The molecule has 3 rings (SSSR count). The zero-order valence-corrected chi connectivity index (χ0v) is 17.6. The molecule has 1 aromatic heterocycles. The Kier molecular flexibility index (Phi) is 6.50. The monoisotopic (exact) mass is 424 g/mol. The number of amides is 1. The molecule has 2 aromatic rings. The Morgan fingerprint density at radius 3 is 2.79 bits per heavy atom. The lowest BCUT2D eigenvalue weighted by atomic mass is 10.2. The van der Waals surface area contributed by atoms with Crippen LogP contribution in [0.25, 0.3) is 0 Å². The molecule has 1 N–H and O–H groups in total. The maximum atomic E-state index is 12.7. The summed E-state index contributed by atoms with van der Waals surface area (Å²) in [5, 5.41) is 9.76. The van der Waals surface area contributed by atoms with Crippen molar-refractivity contribution in [2.45, 2.75) is 36.3 Å². The lowest BCUT2D eigenvalue weighted by molar-refractivity contribution is -0.120. The lowest BCUT2D eigenvalue weighted by Gasteiger charge is -2.13. The summed E-state index contributed by atoms with van der Waals surface area (Å²) in [5.41, 5.74) is 1.08. The molecule has 152 valence electrons. The lowest BCUT2D eigenvalue weighted by Crippen LogP contribution is -2.39. The number of rotatable bonds is 8. The normalized spacial score (nSPS) is 15.4. The van der Waals surface area contributed by atoms with Crippen LogP contribution in [0.2, 0.25) is 0 Å². The number of nitrogens with zero attached hydrogens (tertiary/aromatic N) is 3. The molecule has 1 aliphatic heterocycles. The number of sulfone groups is 1. The second-order valence-corrected chi connectivity index (χ2v) is 10.1. The molecule has 1 aliphatic rings. The Balaban J connectivity index is 1.53. The number of aryl methyl sites for hydroxylation is 1. The number of anilines is 1. The van der Waals surface area contributed by atoms with Gasteiger partial charge in [0, 0.05) is 13.1 Å². The third-order valence-corrected chi connectivity index (χ3v) is 7.95. The Hall–Kier alpha value is -2.20. The highest BCUT2D eigenvalue weighted by atomic mass is 32.2. The third-order valence-electron chi connectivity index (χ3n) is 4.51. The third kappa shape index (κ3) is 4.79. The number of hydrogen-bond acceptors (Lipinski definition) is 8. The molecule has 8 nitrogen and oxygen atoms in total. The SMILES string of the molecule is Cc1cccc(OCCNC(=O)C(C)S(=O)(=O)c2nnc(N3CCCC3)s2)c1. The minimum Gasteiger partial charge on any atom is -0.492 e. The number of carbonyl (C=O) groups excluding carboxylic acids is 1. The Labute approximate surface area is 168 Å². The first-order chi connectivity index (χ1) is 13.4. The summed E-state index contributed by atoms with van der Waals surface area (Å²) in [6.45, 7) is 5.49. The molecule has 0 saturated carbocycles. The highest BCUT2D eigenvalue weighted by Crippen LogP contribution is 2.28. The fourth-order valence-electron chi connectivity index (χ4n) is 2.84. The molecule has 0 spiro atoms. The van der Waals surface area contributed by atoms with Crippen LogP contribution in [-0.4, -0.2) is 56.0 Å². The van der Waals surface area contributed by atoms with Crippen molar-refractivity contribution in [3.63, 3.8) is 0 Å². The van der Waals surface area contributed by atoms with E-state index < -0.39 is 21.0 Å². The van der Waals surface area contributed by atoms with Crippen LogP contribution in [0.1, 0.15) is 25.3 Å². The highest BCUT2D eigenvalue weighted by molar-refractivity contribution is 7.94. The van der Waals surface area contributed by atoms with E-state index in [0.717, 1.165) is 42.8 Å². The molecule has 2 heterocycles. The van der Waals surface area contributed by atoms with E-state index >= 15 is 0 Å². The number of benzene rings is 1. The Morgan fingerprint density at radius 2 is 2.07 bits per heavy atom. The predicted octanol–water partition coefficient (Wildman–Crippen LogP) is 1.80. The Morgan fingerprint density at radius 1 is 1.32 bits per heavy atom. The fraction of sp³-hybridized carbons (Fsp3) is 0.500. The first-order valence-corrected chi connectivity index (χ1v) is 11.5. The molecule has 0 aliphatic carbocycles. The van der Waals surface area contributed by atoms with Gasteiger partial charge in [-0.3, -0.25) is 4.79 Å². The molecule has 0 bridgehead atoms. The molecule has 1 atom stereocenters. The maximum Gasteiger partial charge on any atom is 0.238 e. The van der Waals surface area contributed by atoms with Gasteiger partial charge >= 0.3 is 0 Å². The van der Waals surface area contributed by atoms with Gasteiger partial charge in [-0.15, -0.1) is 10.2 Å². The second-order valence-electron chi connectivity index (χ2n) is 6.69. The molecule has 28 heavy (non-hydrogen) atoms. The van der Waals surface area contributed by atoms with E-state index in [2.05, 4.69) is 15.5 Å². The maximum absolute atomic E-state index is 12.7. The van der Waals surface area contributed by atoms with E-state index in [0.29, 0.717) is 10.9 Å². The molecule has 1 aromatic carbocycles. The smallest absolute Gasteiger partial charge is 0.238 e. The van der Waals surface area contributed by atoms with Crippen LogP contribution >= 0.6 is 11.3 Å². The first-order valence-electron chi connectivity index (χ1n) is 9.17. The summed E-state index contributed by atoms with van der Waals surface area (Å²) in [5.74, 6) is 0.129. The molecule has 1 saturated heterocycles. The van der Waals surface area contributed by atoms with E-state index in [4.69, 9.17) is 4.74 Å². The summed E-state index contributed by atoms with van der Waals surface area (Å²) >= 11 is 1.02. The quantitative estimate of drug-likeness (QED) is 0.645. The van der Waals surface area contributed by atoms with Crippen LogP contribution in [0.15, 0.2) is 28.6 Å². The van der Waals surface area contributed by atoms with Gasteiger partial charge in [0.15, 0.2) is 0 Å². The van der Waals surface area contributed by atoms with Crippen LogP contribution in [0.3, 0.4) is 0 Å². The van der Waals surface area contributed by atoms with E-state index in [9.17, 15) is 13.2 Å². The van der Waals surface area contributed by atoms with Crippen LogP contribution in [0.5, 0.6) is 5.75 Å². The van der Waals surface area contributed by atoms with E-state index in [1.54, 1.807) is 0 Å². The summed E-state index contributed by atoms with van der Waals surface area (Å²) in [6.07, 6.45) is 2.12. The van der Waals surface area contributed by atoms with Gasteiger partial charge in [0.1, 0.15) is 17.6 Å². The molecule has 1 amide bonds. The van der Waals surface area contributed by atoms with Crippen LogP contribution in [0, 0.1) is 6.92 Å². The van der Waals surface area contributed by atoms with Crippen molar-refractivity contribution in [2.24, 2.45) is 0 Å². The second kappa shape index (κ2) is 8.87. The van der Waals surface area contributed by atoms with Gasteiger partial charge < -0.3 is 15.0 Å². The van der Waals surface area contributed by atoms with Gasteiger partial charge in [-0.1, -0.05) is 23.5 Å². The largest absolute Gasteiger partial charge is 0.492 e. The number of carbonyl (C=O) groups is 1. The Bertz CT molecular complexity index is 923.